The van der Waals surface area contributed by atoms with Gasteiger partial charge in [-0.1, -0.05) is 103 Å². The second-order valence-corrected chi connectivity index (χ2v) is 6.92. The molecule has 0 atom stereocenters. The fourth-order valence-corrected chi connectivity index (χ4v) is 3.49. The first-order chi connectivity index (χ1) is 14.8. The Morgan fingerprint density at radius 3 is 1.60 bits per heavy atom. The second-order valence-electron chi connectivity index (χ2n) is 6.92. The van der Waals surface area contributed by atoms with E-state index in [1.54, 1.807) is 12.1 Å². The normalized spacial score (nSPS) is 10.8. The van der Waals surface area contributed by atoms with E-state index in [4.69, 9.17) is 5.84 Å². The van der Waals surface area contributed by atoms with Gasteiger partial charge in [-0.05, 0) is 45.5 Å². The van der Waals surface area contributed by atoms with E-state index >= 15 is 0 Å². The minimum Gasteiger partial charge on any atom is -0.290 e. The van der Waals surface area contributed by atoms with E-state index in [-0.39, 0.29) is 5.91 Å². The van der Waals surface area contributed by atoms with Crippen LogP contribution in [0.1, 0.15) is 21.5 Å². The molecule has 0 heterocycles. The lowest BCUT2D eigenvalue weighted by molar-refractivity contribution is 0.0953. The maximum Gasteiger partial charge on any atom is 0.265 e. The van der Waals surface area contributed by atoms with E-state index < -0.39 is 0 Å². The van der Waals surface area contributed by atoms with Crippen LogP contribution in [0.2, 0.25) is 0 Å². The summed E-state index contributed by atoms with van der Waals surface area (Å²) in [5.74, 6) is 4.92. The van der Waals surface area contributed by atoms with Gasteiger partial charge in [0, 0.05) is 5.56 Å². The molecule has 0 radical (unpaired) electrons. The number of benzene rings is 4. The van der Waals surface area contributed by atoms with E-state index in [1.165, 1.54) is 11.1 Å². The van der Waals surface area contributed by atoms with Gasteiger partial charge in [0.25, 0.3) is 5.91 Å². The third-order valence-corrected chi connectivity index (χ3v) is 5.04. The lowest BCUT2D eigenvalue weighted by atomic mass is 9.96. The molecule has 4 rings (SSSR count). The average Bonchev–Trinajstić information content (AvgIpc) is 2.83. The third kappa shape index (κ3) is 4.22. The van der Waals surface area contributed by atoms with Crippen molar-refractivity contribution >= 4 is 18.1 Å². The molecule has 3 heteroatoms. The Hall–Kier alpha value is -3.95. The molecule has 0 aliphatic heterocycles. The van der Waals surface area contributed by atoms with Crippen LogP contribution in [0.25, 0.3) is 34.4 Å². The highest BCUT2D eigenvalue weighted by atomic mass is 16.2. The van der Waals surface area contributed by atoms with Gasteiger partial charge in [0.15, 0.2) is 0 Å². The first-order valence-corrected chi connectivity index (χ1v) is 9.79. The van der Waals surface area contributed by atoms with Crippen molar-refractivity contribution in [2.45, 2.75) is 0 Å². The number of hydrogen-bond acceptors (Lipinski definition) is 2. The lowest BCUT2D eigenvalue weighted by Crippen LogP contribution is -2.29. The maximum atomic E-state index is 11.7. The molecular weight excluding hydrogens is 368 g/mol. The first kappa shape index (κ1) is 19.4. The highest BCUT2D eigenvalue weighted by Gasteiger charge is 2.07. The third-order valence-electron chi connectivity index (χ3n) is 5.04. The van der Waals surface area contributed by atoms with Crippen LogP contribution in [-0.4, -0.2) is 5.91 Å². The molecule has 146 valence electrons. The monoisotopic (exact) mass is 390 g/mol. The molecule has 0 aliphatic carbocycles. The molecule has 30 heavy (non-hydrogen) atoms. The summed E-state index contributed by atoms with van der Waals surface area (Å²) in [4.78, 5) is 11.7. The number of rotatable bonds is 5. The Balaban J connectivity index is 1.68. The lowest BCUT2D eigenvalue weighted by Gasteiger charge is -2.09. The Morgan fingerprint density at radius 1 is 0.600 bits per heavy atom. The average molecular weight is 390 g/mol. The van der Waals surface area contributed by atoms with Crippen molar-refractivity contribution < 1.29 is 4.79 Å². The fraction of sp³-hybridized carbons (Fsp3) is 0. The molecule has 4 aromatic carbocycles. The summed E-state index contributed by atoms with van der Waals surface area (Å²) in [5.41, 5.74) is 9.50. The molecule has 3 nitrogen and oxygen atoms in total. The van der Waals surface area contributed by atoms with Gasteiger partial charge in [0.1, 0.15) is 0 Å². The van der Waals surface area contributed by atoms with Crippen molar-refractivity contribution in [2.24, 2.45) is 5.84 Å². The van der Waals surface area contributed by atoms with Gasteiger partial charge < -0.3 is 0 Å². The van der Waals surface area contributed by atoms with Crippen molar-refractivity contribution in [3.05, 3.63) is 120 Å². The van der Waals surface area contributed by atoms with E-state index in [9.17, 15) is 4.79 Å². The Labute approximate surface area is 176 Å². The molecule has 0 fully saturated rings. The minimum absolute atomic E-state index is 0.299. The predicted octanol–water partition coefficient (Wildman–Crippen LogP) is 5.79. The van der Waals surface area contributed by atoms with Gasteiger partial charge in [0.05, 0.1) is 0 Å². The van der Waals surface area contributed by atoms with Gasteiger partial charge in [-0.25, -0.2) is 5.84 Å². The fourth-order valence-electron chi connectivity index (χ4n) is 3.49. The van der Waals surface area contributed by atoms with E-state index in [0.717, 1.165) is 22.3 Å². The van der Waals surface area contributed by atoms with Crippen LogP contribution < -0.4 is 11.3 Å². The summed E-state index contributed by atoms with van der Waals surface area (Å²) >= 11 is 0. The molecule has 0 bridgehead atoms. The van der Waals surface area contributed by atoms with E-state index in [1.807, 2.05) is 30.3 Å². The summed E-state index contributed by atoms with van der Waals surface area (Å²) in [6.07, 6.45) is 4.29. The van der Waals surface area contributed by atoms with Crippen LogP contribution in [0.4, 0.5) is 0 Å². The number of nitrogen functional groups attached to an aromatic ring is 1. The highest BCUT2D eigenvalue weighted by Crippen LogP contribution is 2.28. The molecule has 0 aliphatic rings. The van der Waals surface area contributed by atoms with Gasteiger partial charge in [-0.2, -0.15) is 0 Å². The second kappa shape index (κ2) is 9.03. The molecule has 0 unspecified atom stereocenters. The number of amides is 1. The summed E-state index contributed by atoms with van der Waals surface area (Å²) in [6, 6.07) is 34.4. The molecule has 0 aromatic heterocycles. The van der Waals surface area contributed by atoms with Crippen LogP contribution >= 0.6 is 0 Å². The maximum absolute atomic E-state index is 11.7. The van der Waals surface area contributed by atoms with Crippen LogP contribution in [0.5, 0.6) is 0 Å². The summed E-state index contributed by atoms with van der Waals surface area (Å²) in [7, 11) is 0. The van der Waals surface area contributed by atoms with Crippen molar-refractivity contribution in [3.63, 3.8) is 0 Å². The highest BCUT2D eigenvalue weighted by molar-refractivity contribution is 5.94. The standard InChI is InChI=1S/C27H22N2O/c28-29-27(30)24-18-16-23(17-19-24)26-13-7-5-11-22(26)15-14-21-10-4-6-12-25(21)20-8-2-1-3-9-20/h1-19H,28H2,(H,29,30). The minimum atomic E-state index is -0.299. The van der Waals surface area contributed by atoms with Crippen molar-refractivity contribution in [3.8, 4) is 22.3 Å². The number of hydrazine groups is 1. The van der Waals surface area contributed by atoms with Gasteiger partial charge in [-0.3, -0.25) is 10.2 Å². The zero-order valence-corrected chi connectivity index (χ0v) is 16.5. The number of carbonyl (C=O) groups excluding carboxylic acids is 1. The molecule has 3 N–H and O–H groups in total. The largest absolute Gasteiger partial charge is 0.290 e. The number of carbonyl (C=O) groups is 1. The Kier molecular flexibility index (Phi) is 5.83. The van der Waals surface area contributed by atoms with Gasteiger partial charge in [-0.15, -0.1) is 0 Å². The van der Waals surface area contributed by atoms with Crippen LogP contribution in [-0.2, 0) is 0 Å². The van der Waals surface area contributed by atoms with Crippen molar-refractivity contribution in [1.29, 1.82) is 0 Å². The van der Waals surface area contributed by atoms with Crippen LogP contribution in [0.3, 0.4) is 0 Å². The van der Waals surface area contributed by atoms with E-state index in [2.05, 4.69) is 78.2 Å². The number of nitrogens with two attached hydrogens (primary N) is 1. The zero-order valence-electron chi connectivity index (χ0n) is 16.5. The zero-order chi connectivity index (χ0) is 20.8. The smallest absolute Gasteiger partial charge is 0.265 e. The Morgan fingerprint density at radius 2 is 1.07 bits per heavy atom. The quantitative estimate of drug-likeness (QED) is 0.196. The number of nitrogens with one attached hydrogen (secondary N) is 1. The van der Waals surface area contributed by atoms with Crippen LogP contribution in [0.15, 0.2) is 103 Å². The molecule has 1 amide bonds. The number of hydrogen-bond donors (Lipinski definition) is 2. The molecular formula is C27H22N2O. The summed E-state index contributed by atoms with van der Waals surface area (Å²) in [5, 5.41) is 0. The molecule has 0 spiro atoms. The first-order valence-electron chi connectivity index (χ1n) is 9.79. The van der Waals surface area contributed by atoms with Gasteiger partial charge in [0.2, 0.25) is 0 Å². The van der Waals surface area contributed by atoms with Crippen molar-refractivity contribution in [1.82, 2.24) is 5.43 Å². The Bertz CT molecular complexity index is 1180. The molecule has 0 saturated heterocycles. The van der Waals surface area contributed by atoms with Crippen LogP contribution in [0, 0.1) is 0 Å². The van der Waals surface area contributed by atoms with E-state index in [0.29, 0.717) is 5.56 Å². The SMILES string of the molecule is NNC(=O)c1ccc(-c2ccccc2C=Cc2ccccc2-c2ccccc2)cc1. The molecule has 4 aromatic rings. The summed E-state index contributed by atoms with van der Waals surface area (Å²) in [6.45, 7) is 0. The van der Waals surface area contributed by atoms with Crippen molar-refractivity contribution in [2.75, 3.05) is 0 Å². The predicted molar refractivity (Wildman–Crippen MR) is 124 cm³/mol. The summed E-state index contributed by atoms with van der Waals surface area (Å²) < 4.78 is 0. The topological polar surface area (TPSA) is 55.1 Å². The van der Waals surface area contributed by atoms with Gasteiger partial charge >= 0.3 is 0 Å². The molecule has 0 saturated carbocycles.